The van der Waals surface area contributed by atoms with Crippen LogP contribution in [0.25, 0.3) is 0 Å². The van der Waals surface area contributed by atoms with E-state index in [1.54, 1.807) is 36.4 Å². The second kappa shape index (κ2) is 13.5. The largest absolute Gasteiger partial charge is 0.481 e. The van der Waals surface area contributed by atoms with E-state index in [1.165, 1.54) is 6.08 Å². The third kappa shape index (κ3) is 10.2. The summed E-state index contributed by atoms with van der Waals surface area (Å²) in [6.07, 6.45) is 3.70. The number of carboxylic acids is 1. The van der Waals surface area contributed by atoms with Gasteiger partial charge in [-0.25, -0.2) is 4.57 Å². The number of rotatable bonds is 14. The highest BCUT2D eigenvalue weighted by molar-refractivity contribution is 7.85. The van der Waals surface area contributed by atoms with Crippen LogP contribution in [0.15, 0.2) is 47.4 Å². The summed E-state index contributed by atoms with van der Waals surface area (Å²) in [5.41, 5.74) is 0. The molecule has 186 valence electrons. The topological polar surface area (TPSA) is 162 Å². The van der Waals surface area contributed by atoms with Gasteiger partial charge >= 0.3 is 13.8 Å². The molecule has 0 aliphatic heterocycles. The monoisotopic (exact) mass is 504 g/mol. The molecule has 0 saturated heterocycles. The van der Waals surface area contributed by atoms with Crippen LogP contribution in [-0.2, 0) is 24.7 Å². The first-order chi connectivity index (χ1) is 15.6. The average molecular weight is 505 g/mol. The first kappa shape index (κ1) is 27.9. The molecule has 2 unspecified atom stereocenters. The molecule has 0 radical (unpaired) electrons. The molecule has 0 bridgehead atoms. The van der Waals surface area contributed by atoms with Crippen molar-refractivity contribution in [2.24, 2.45) is 11.8 Å². The molecule has 1 fully saturated rings. The molecular formula is C22H33O9PS. The van der Waals surface area contributed by atoms with E-state index in [0.717, 1.165) is 12.8 Å². The van der Waals surface area contributed by atoms with E-state index < -0.39 is 48.8 Å². The maximum Gasteiger partial charge on any atom is 0.469 e. The van der Waals surface area contributed by atoms with Crippen LogP contribution < -0.4 is 0 Å². The zero-order valence-electron chi connectivity index (χ0n) is 18.3. The molecule has 0 aromatic heterocycles. The molecule has 5 N–H and O–H groups in total. The van der Waals surface area contributed by atoms with Gasteiger partial charge in [0.05, 0.1) is 34.9 Å². The molecule has 1 aliphatic carbocycles. The van der Waals surface area contributed by atoms with Crippen LogP contribution in [0.4, 0.5) is 0 Å². The van der Waals surface area contributed by atoms with Crippen molar-refractivity contribution >= 4 is 24.6 Å². The standard InChI is InChI=1S/C22H33O9PS/c23-16(15-33(30)17-8-4-3-5-9-17)12-13-18-19(10-6-1-2-7-11-22(25)26)21(14-20(18)24)31-32(27,28)29/h3-5,8-9,12-13,16,18-21,23-24H,1-2,6-7,10-11,14-15H2,(H,25,26)(H2,27,28,29)/b13-12+/t16-,18?,19-,20-,21+,33?/m1/s1. The molecule has 1 aromatic carbocycles. The third-order valence-corrected chi connectivity index (χ3v) is 7.71. The van der Waals surface area contributed by atoms with Gasteiger partial charge in [0.15, 0.2) is 0 Å². The lowest BCUT2D eigenvalue weighted by molar-refractivity contribution is -0.137. The lowest BCUT2D eigenvalue weighted by Crippen LogP contribution is -2.23. The van der Waals surface area contributed by atoms with Gasteiger partial charge in [-0.3, -0.25) is 13.5 Å². The number of aliphatic hydroxyl groups is 2. The Bertz CT molecular complexity index is 842. The van der Waals surface area contributed by atoms with Crippen molar-refractivity contribution in [3.05, 3.63) is 42.5 Å². The van der Waals surface area contributed by atoms with E-state index in [0.29, 0.717) is 24.2 Å². The van der Waals surface area contributed by atoms with Crippen LogP contribution in [0.1, 0.15) is 44.9 Å². The fourth-order valence-corrected chi connectivity index (χ4v) is 5.87. The SMILES string of the molecule is O=C(O)CCCCCC[C@@H]1C(/C=C/[C@@H](O)CS(=O)c2ccccc2)[C@H](O)C[C@@H]1OP(=O)(O)O. The highest BCUT2D eigenvalue weighted by atomic mass is 32.2. The van der Waals surface area contributed by atoms with Crippen LogP contribution in [-0.4, -0.2) is 59.3 Å². The minimum absolute atomic E-state index is 0.0139. The van der Waals surface area contributed by atoms with Crippen molar-refractivity contribution in [3.8, 4) is 0 Å². The second-order valence-electron chi connectivity index (χ2n) is 8.30. The van der Waals surface area contributed by atoms with Crippen molar-refractivity contribution in [3.63, 3.8) is 0 Å². The Balaban J connectivity index is 1.98. The number of aliphatic carboxylic acids is 1. The van der Waals surface area contributed by atoms with Crippen molar-refractivity contribution in [2.45, 2.75) is 68.2 Å². The summed E-state index contributed by atoms with van der Waals surface area (Å²) in [5, 5.41) is 29.5. The van der Waals surface area contributed by atoms with Gasteiger partial charge in [0, 0.05) is 23.7 Å². The van der Waals surface area contributed by atoms with Gasteiger partial charge in [-0.1, -0.05) is 49.6 Å². The summed E-state index contributed by atoms with van der Waals surface area (Å²) in [6.45, 7) is 0. The maximum absolute atomic E-state index is 12.4. The predicted molar refractivity (Wildman–Crippen MR) is 123 cm³/mol. The fourth-order valence-electron chi connectivity index (χ4n) is 4.20. The number of carboxylic acid groups (broad SMARTS) is 1. The molecule has 1 aliphatic rings. The zero-order chi connectivity index (χ0) is 24.4. The molecular weight excluding hydrogens is 471 g/mol. The van der Waals surface area contributed by atoms with Gasteiger partial charge in [-0.2, -0.15) is 0 Å². The van der Waals surface area contributed by atoms with Crippen LogP contribution in [0, 0.1) is 11.8 Å². The highest BCUT2D eigenvalue weighted by Gasteiger charge is 2.44. The molecule has 0 heterocycles. The molecule has 0 amide bonds. The van der Waals surface area contributed by atoms with Gasteiger partial charge in [-0.05, 0) is 30.9 Å². The lowest BCUT2D eigenvalue weighted by atomic mass is 9.88. The summed E-state index contributed by atoms with van der Waals surface area (Å²) in [7, 11) is -6.15. The second-order valence-corrected chi connectivity index (χ2v) is 11.0. The normalized spacial score (nSPS) is 25.3. The first-order valence-electron chi connectivity index (χ1n) is 11.0. The van der Waals surface area contributed by atoms with E-state index >= 15 is 0 Å². The highest BCUT2D eigenvalue weighted by Crippen LogP contribution is 2.47. The number of hydrogen-bond donors (Lipinski definition) is 5. The molecule has 1 aromatic rings. The summed E-state index contributed by atoms with van der Waals surface area (Å²) < 4.78 is 28.7. The van der Waals surface area contributed by atoms with E-state index in [-0.39, 0.29) is 24.5 Å². The number of hydrogen-bond acceptors (Lipinski definition) is 6. The van der Waals surface area contributed by atoms with Crippen molar-refractivity contribution in [1.82, 2.24) is 0 Å². The molecule has 33 heavy (non-hydrogen) atoms. The molecule has 0 spiro atoms. The Kier molecular flexibility index (Phi) is 11.4. The summed E-state index contributed by atoms with van der Waals surface area (Å²) in [6, 6.07) is 8.75. The number of unbranched alkanes of at least 4 members (excludes halogenated alkanes) is 3. The molecule has 11 heteroatoms. The van der Waals surface area contributed by atoms with Crippen molar-refractivity contribution in [2.75, 3.05) is 5.75 Å². The minimum atomic E-state index is -4.75. The molecule has 1 saturated carbocycles. The van der Waals surface area contributed by atoms with Gasteiger partial charge in [0.1, 0.15) is 0 Å². The summed E-state index contributed by atoms with van der Waals surface area (Å²) in [4.78, 5) is 29.7. The number of benzene rings is 1. The number of phosphoric acid groups is 1. The minimum Gasteiger partial charge on any atom is -0.481 e. The van der Waals surface area contributed by atoms with Gasteiger partial charge < -0.3 is 25.1 Å². The van der Waals surface area contributed by atoms with Gasteiger partial charge in [0.25, 0.3) is 0 Å². The van der Waals surface area contributed by atoms with Crippen LogP contribution in [0.3, 0.4) is 0 Å². The van der Waals surface area contributed by atoms with E-state index in [9.17, 15) is 33.6 Å². The predicted octanol–water partition coefficient (Wildman–Crippen LogP) is 2.61. The lowest BCUT2D eigenvalue weighted by Gasteiger charge is -2.24. The Morgan fingerprint density at radius 3 is 2.48 bits per heavy atom. The van der Waals surface area contributed by atoms with E-state index in [2.05, 4.69) is 0 Å². The van der Waals surface area contributed by atoms with Gasteiger partial charge in [0.2, 0.25) is 0 Å². The Morgan fingerprint density at radius 2 is 1.85 bits per heavy atom. The number of phosphoric ester groups is 1. The molecule has 6 atom stereocenters. The maximum atomic E-state index is 12.4. The quantitative estimate of drug-likeness (QED) is 0.146. The van der Waals surface area contributed by atoms with Crippen LogP contribution in [0.2, 0.25) is 0 Å². The van der Waals surface area contributed by atoms with Crippen LogP contribution in [0.5, 0.6) is 0 Å². The fraction of sp³-hybridized carbons (Fsp3) is 0.591. The number of aliphatic hydroxyl groups excluding tert-OH is 2. The van der Waals surface area contributed by atoms with Crippen LogP contribution >= 0.6 is 7.82 Å². The number of carbonyl (C=O) groups is 1. The average Bonchev–Trinajstić information content (AvgIpc) is 3.01. The summed E-state index contributed by atoms with van der Waals surface area (Å²) in [5.74, 6) is -1.73. The Morgan fingerprint density at radius 1 is 1.18 bits per heavy atom. The summed E-state index contributed by atoms with van der Waals surface area (Å²) >= 11 is 0. The van der Waals surface area contributed by atoms with E-state index in [4.69, 9.17) is 9.63 Å². The van der Waals surface area contributed by atoms with Gasteiger partial charge in [-0.15, -0.1) is 0 Å². The zero-order valence-corrected chi connectivity index (χ0v) is 20.0. The van der Waals surface area contributed by atoms with Crippen molar-refractivity contribution < 1.29 is 43.2 Å². The third-order valence-electron chi connectivity index (χ3n) is 5.72. The van der Waals surface area contributed by atoms with E-state index in [1.807, 2.05) is 0 Å². The molecule has 2 rings (SSSR count). The smallest absolute Gasteiger partial charge is 0.469 e. The Labute approximate surface area is 196 Å². The Hall–Kier alpha value is -1.39. The first-order valence-corrected chi connectivity index (χ1v) is 13.9. The molecule has 9 nitrogen and oxygen atoms in total. The van der Waals surface area contributed by atoms with Crippen molar-refractivity contribution in [1.29, 1.82) is 0 Å².